The molecule has 2 aromatic rings. The maximum absolute atomic E-state index is 9.13. The van der Waals surface area contributed by atoms with E-state index in [0.717, 1.165) is 27.5 Å². The van der Waals surface area contributed by atoms with E-state index >= 15 is 0 Å². The van der Waals surface area contributed by atoms with Crippen LogP contribution in [0.25, 0.3) is 0 Å². The van der Waals surface area contributed by atoms with Crippen molar-refractivity contribution < 1.29 is 5.11 Å². The second-order valence-corrected chi connectivity index (χ2v) is 5.58. The van der Waals surface area contributed by atoms with Crippen molar-refractivity contribution in [3.63, 3.8) is 0 Å². The fourth-order valence-corrected chi connectivity index (χ4v) is 2.99. The lowest BCUT2D eigenvalue weighted by Gasteiger charge is -2.07. The lowest BCUT2D eigenvalue weighted by molar-refractivity contribution is 0.281. The zero-order valence-electron chi connectivity index (χ0n) is 10.2. The largest absolute Gasteiger partial charge is 0.392 e. The summed E-state index contributed by atoms with van der Waals surface area (Å²) in [6, 6.07) is 14.0. The van der Waals surface area contributed by atoms with Crippen molar-refractivity contribution in [2.75, 3.05) is 0 Å². The maximum atomic E-state index is 9.13. The van der Waals surface area contributed by atoms with Gasteiger partial charge in [0.1, 0.15) is 0 Å². The fourth-order valence-electron chi connectivity index (χ4n) is 1.71. The molecule has 0 amide bonds. The smallest absolute Gasteiger partial charge is 0.0684 e. The highest BCUT2D eigenvalue weighted by molar-refractivity contribution is 7.98. The van der Waals surface area contributed by atoms with Gasteiger partial charge in [0.15, 0.2) is 0 Å². The summed E-state index contributed by atoms with van der Waals surface area (Å²) in [4.78, 5) is 1.20. The first kappa shape index (κ1) is 13.5. The molecule has 0 radical (unpaired) electrons. The summed E-state index contributed by atoms with van der Waals surface area (Å²) in [7, 11) is 0. The van der Waals surface area contributed by atoms with Gasteiger partial charge in [0.05, 0.1) is 6.61 Å². The number of hydrogen-bond donors (Lipinski definition) is 1. The topological polar surface area (TPSA) is 20.2 Å². The Hall–Kier alpha value is -0.960. The van der Waals surface area contributed by atoms with Crippen molar-refractivity contribution in [1.82, 2.24) is 0 Å². The van der Waals surface area contributed by atoms with E-state index in [9.17, 15) is 0 Å². The van der Waals surface area contributed by atoms with Gasteiger partial charge in [-0.15, -0.1) is 11.8 Å². The number of benzene rings is 2. The van der Waals surface area contributed by atoms with Crippen molar-refractivity contribution in [3.05, 3.63) is 64.2 Å². The molecule has 2 aromatic carbocycles. The Bertz CT molecular complexity index is 540. The van der Waals surface area contributed by atoms with Crippen LogP contribution >= 0.6 is 23.4 Å². The van der Waals surface area contributed by atoms with E-state index < -0.39 is 0 Å². The van der Waals surface area contributed by atoms with Crippen LogP contribution in [0.4, 0.5) is 0 Å². The van der Waals surface area contributed by atoms with Gasteiger partial charge in [-0.25, -0.2) is 0 Å². The van der Waals surface area contributed by atoms with Crippen LogP contribution in [0.5, 0.6) is 0 Å². The van der Waals surface area contributed by atoms with Crippen LogP contribution in [0.15, 0.2) is 47.4 Å². The first-order chi connectivity index (χ1) is 8.70. The van der Waals surface area contributed by atoms with E-state index in [1.165, 1.54) is 4.90 Å². The Kier molecular flexibility index (Phi) is 4.70. The molecule has 1 nitrogen and oxygen atoms in total. The fraction of sp³-hybridized carbons (Fsp3) is 0.200. The summed E-state index contributed by atoms with van der Waals surface area (Å²) in [5, 5.41) is 9.94. The Morgan fingerprint density at radius 3 is 2.56 bits per heavy atom. The molecule has 0 aliphatic carbocycles. The van der Waals surface area contributed by atoms with Crippen molar-refractivity contribution in [2.45, 2.75) is 24.2 Å². The Morgan fingerprint density at radius 1 is 1.11 bits per heavy atom. The van der Waals surface area contributed by atoms with Crippen LogP contribution in [0.1, 0.15) is 16.7 Å². The van der Waals surface area contributed by atoms with Crippen LogP contribution < -0.4 is 0 Å². The number of thioether (sulfide) groups is 1. The van der Waals surface area contributed by atoms with E-state index in [-0.39, 0.29) is 6.61 Å². The molecular weight excluding hydrogens is 264 g/mol. The molecule has 0 fully saturated rings. The van der Waals surface area contributed by atoms with Crippen molar-refractivity contribution in [2.24, 2.45) is 0 Å². The average Bonchev–Trinajstić information content (AvgIpc) is 2.38. The molecule has 0 saturated heterocycles. The Balaban J connectivity index is 2.07. The van der Waals surface area contributed by atoms with Crippen molar-refractivity contribution in [3.8, 4) is 0 Å². The van der Waals surface area contributed by atoms with Gasteiger partial charge < -0.3 is 5.11 Å². The van der Waals surface area contributed by atoms with Crippen LogP contribution in [0, 0.1) is 6.92 Å². The second-order valence-electron chi connectivity index (χ2n) is 4.13. The summed E-state index contributed by atoms with van der Waals surface area (Å²) >= 11 is 7.88. The summed E-state index contributed by atoms with van der Waals surface area (Å²) in [6.45, 7) is 2.12. The third-order valence-electron chi connectivity index (χ3n) is 2.84. The normalized spacial score (nSPS) is 10.6. The number of halogens is 1. The molecular formula is C15H15ClOS. The molecule has 3 heteroatoms. The number of hydrogen-bond acceptors (Lipinski definition) is 2. The zero-order chi connectivity index (χ0) is 13.0. The third-order valence-corrected chi connectivity index (χ3v) is 4.25. The van der Waals surface area contributed by atoms with Crippen molar-refractivity contribution in [1.29, 1.82) is 0 Å². The molecule has 0 atom stereocenters. The zero-order valence-corrected chi connectivity index (χ0v) is 11.8. The summed E-state index contributed by atoms with van der Waals surface area (Å²) in [6.07, 6.45) is 0. The molecule has 1 N–H and O–H groups in total. The highest BCUT2D eigenvalue weighted by atomic mass is 35.5. The number of aliphatic hydroxyl groups excluding tert-OH is 1. The quantitative estimate of drug-likeness (QED) is 0.835. The SMILES string of the molecule is Cc1cc(SCc2ccccc2Cl)ccc1CO. The first-order valence-corrected chi connectivity index (χ1v) is 7.13. The summed E-state index contributed by atoms with van der Waals surface area (Å²) in [5.41, 5.74) is 3.26. The molecule has 94 valence electrons. The molecule has 0 unspecified atom stereocenters. The van der Waals surface area contributed by atoms with E-state index in [0.29, 0.717) is 0 Å². The third kappa shape index (κ3) is 3.29. The Labute approximate surface area is 117 Å². The summed E-state index contributed by atoms with van der Waals surface area (Å²) in [5.74, 6) is 0.859. The van der Waals surface area contributed by atoms with Gasteiger partial charge in [-0.3, -0.25) is 0 Å². The predicted octanol–water partition coefficient (Wildman–Crippen LogP) is 4.43. The van der Waals surface area contributed by atoms with Gasteiger partial charge in [-0.1, -0.05) is 35.9 Å². The highest BCUT2D eigenvalue weighted by Gasteiger charge is 2.02. The minimum absolute atomic E-state index is 0.0985. The molecule has 0 aliphatic rings. The van der Waals surface area contributed by atoms with E-state index in [2.05, 4.69) is 6.07 Å². The van der Waals surface area contributed by atoms with Crippen LogP contribution in [0.2, 0.25) is 5.02 Å². The maximum Gasteiger partial charge on any atom is 0.0684 e. The highest BCUT2D eigenvalue weighted by Crippen LogP contribution is 2.27. The first-order valence-electron chi connectivity index (χ1n) is 5.77. The Morgan fingerprint density at radius 2 is 1.89 bits per heavy atom. The second kappa shape index (κ2) is 6.28. The van der Waals surface area contributed by atoms with E-state index in [1.807, 2.05) is 43.3 Å². The molecule has 0 aromatic heterocycles. The molecule has 0 saturated carbocycles. The monoisotopic (exact) mass is 278 g/mol. The van der Waals surface area contributed by atoms with Gasteiger partial charge in [-0.2, -0.15) is 0 Å². The number of rotatable bonds is 4. The lowest BCUT2D eigenvalue weighted by Crippen LogP contribution is -1.89. The van der Waals surface area contributed by atoms with Gasteiger partial charge in [0.2, 0.25) is 0 Å². The molecule has 0 spiro atoms. The van der Waals surface area contributed by atoms with Crippen molar-refractivity contribution >= 4 is 23.4 Å². The van der Waals surface area contributed by atoms with Gasteiger partial charge in [-0.05, 0) is 41.8 Å². The molecule has 18 heavy (non-hydrogen) atoms. The standard InChI is InChI=1S/C15H15ClOS/c1-11-8-14(7-6-12(11)9-17)18-10-13-4-2-3-5-15(13)16/h2-8,17H,9-10H2,1H3. The lowest BCUT2D eigenvalue weighted by atomic mass is 10.1. The average molecular weight is 279 g/mol. The van der Waals surface area contributed by atoms with E-state index in [1.54, 1.807) is 11.8 Å². The molecule has 0 bridgehead atoms. The molecule has 2 rings (SSSR count). The summed E-state index contributed by atoms with van der Waals surface area (Å²) < 4.78 is 0. The number of aryl methyl sites for hydroxylation is 1. The van der Waals surface area contributed by atoms with Gasteiger partial charge in [0, 0.05) is 15.7 Å². The molecule has 0 aliphatic heterocycles. The molecule has 0 heterocycles. The van der Waals surface area contributed by atoms with Crippen LogP contribution in [-0.2, 0) is 12.4 Å². The van der Waals surface area contributed by atoms with Gasteiger partial charge in [0.25, 0.3) is 0 Å². The van der Waals surface area contributed by atoms with Gasteiger partial charge >= 0.3 is 0 Å². The predicted molar refractivity (Wildman–Crippen MR) is 78.1 cm³/mol. The minimum atomic E-state index is 0.0985. The van der Waals surface area contributed by atoms with Crippen LogP contribution in [0.3, 0.4) is 0 Å². The van der Waals surface area contributed by atoms with E-state index in [4.69, 9.17) is 16.7 Å². The van der Waals surface area contributed by atoms with Crippen LogP contribution in [-0.4, -0.2) is 5.11 Å². The number of aliphatic hydroxyl groups is 1. The minimum Gasteiger partial charge on any atom is -0.392 e.